The Bertz CT molecular complexity index is 519. The smallest absolute Gasteiger partial charge is 0.141 e. The molecule has 1 rings (SSSR count). The molecular weight excluding hydrogens is 248 g/mol. The van der Waals surface area contributed by atoms with E-state index in [0.29, 0.717) is 6.26 Å². The lowest BCUT2D eigenvalue weighted by Gasteiger charge is -1.97. The van der Waals surface area contributed by atoms with E-state index in [1.54, 1.807) is 24.3 Å². The van der Waals surface area contributed by atoms with Crippen molar-refractivity contribution in [2.24, 2.45) is 0 Å². The van der Waals surface area contributed by atoms with Crippen LogP contribution in [0.4, 0.5) is 0 Å². The highest BCUT2D eigenvalue weighted by atomic mass is 32.2. The van der Waals surface area contributed by atoms with Crippen LogP contribution < -0.4 is 0 Å². The molecule has 0 fully saturated rings. The van der Waals surface area contributed by atoms with Gasteiger partial charge in [0.2, 0.25) is 0 Å². The molecule has 0 amide bonds. The van der Waals surface area contributed by atoms with E-state index in [9.17, 15) is 0 Å². The van der Waals surface area contributed by atoms with E-state index < -0.39 is 33.7 Å². The minimum atomic E-state index is -3.92. The first-order valence-electron chi connectivity index (χ1n) is 7.04. The fourth-order valence-electron chi connectivity index (χ4n) is 0.701. The zero-order valence-electron chi connectivity index (χ0n) is 14.5. The Hall–Kier alpha value is -0.560. The van der Waals surface area contributed by atoms with Crippen LogP contribution in [0.5, 0.6) is 0 Å². The topological polar surface area (TPSA) is 66.4 Å². The zero-order valence-corrected chi connectivity index (χ0v) is 10.2. The van der Waals surface area contributed by atoms with Crippen LogP contribution in [0, 0.1) is 0 Å². The average Bonchev–Trinajstić information content (AvgIpc) is 2.24. The number of hydrogen-bond donors (Lipinski definition) is 0. The van der Waals surface area contributed by atoms with Crippen LogP contribution in [0.25, 0.3) is 0 Å². The molecule has 4 nitrogen and oxygen atoms in total. The maximum atomic E-state index is 9.08. The fraction of sp³-hybridized carbons (Fsp3) is 0.400. The van der Waals surface area contributed by atoms with Gasteiger partial charge in [-0.1, -0.05) is 30.3 Å². The molecule has 6 heteroatoms. The summed E-state index contributed by atoms with van der Waals surface area (Å²) in [6.07, 6.45) is -4.65. The summed E-state index contributed by atoms with van der Waals surface area (Å²) in [6, 6.07) is 8.88. The van der Waals surface area contributed by atoms with Gasteiger partial charge in [0.05, 0.1) is 18.3 Å². The van der Waals surface area contributed by atoms with E-state index in [4.69, 9.17) is 25.4 Å². The molecule has 0 radical (unpaired) electrons. The molecule has 92 valence electrons. The van der Waals surface area contributed by atoms with E-state index >= 15 is 0 Å². The lowest BCUT2D eigenvalue weighted by atomic mass is 10.2. The zero-order chi connectivity index (χ0) is 17.6. The molecular formula is C10H16O4S2. The first kappa shape index (κ1) is 7.71. The van der Waals surface area contributed by atoms with Crippen LogP contribution >= 0.6 is 0 Å². The second-order valence-electron chi connectivity index (χ2n) is 2.72. The third-order valence-electron chi connectivity index (χ3n) is 1.19. The molecule has 0 saturated heterocycles. The van der Waals surface area contributed by atoms with Crippen LogP contribution in [0.15, 0.2) is 30.3 Å². The summed E-state index contributed by atoms with van der Waals surface area (Å²) in [6.45, 7) is -0.0132. The van der Waals surface area contributed by atoms with Crippen LogP contribution in [-0.4, -0.2) is 31.6 Å². The largest absolute Gasteiger partial charge is 0.748 e. The molecule has 0 heterocycles. The lowest BCUT2D eigenvalue weighted by molar-refractivity contribution is 0.355. The second-order valence-corrected chi connectivity index (χ2v) is 4.90. The van der Waals surface area contributed by atoms with Gasteiger partial charge in [-0.25, -0.2) is 8.42 Å². The van der Waals surface area contributed by atoms with Gasteiger partial charge in [0.25, 0.3) is 0 Å². The normalized spacial score (nSPS) is 17.9. The van der Waals surface area contributed by atoms with Crippen molar-refractivity contribution in [1.29, 1.82) is 0 Å². The van der Waals surface area contributed by atoms with Gasteiger partial charge in [-0.2, -0.15) is 4.18 Å². The van der Waals surface area contributed by atoms with E-state index in [0.717, 1.165) is 5.56 Å². The molecule has 0 bridgehead atoms. The van der Waals surface area contributed by atoms with Crippen molar-refractivity contribution < 1.29 is 25.4 Å². The molecule has 0 aliphatic carbocycles. The first-order chi connectivity index (χ1) is 9.71. The maximum Gasteiger partial charge on any atom is 0.141 e. The van der Waals surface area contributed by atoms with Crippen molar-refractivity contribution in [2.75, 3.05) is 18.6 Å². The fourth-order valence-corrected chi connectivity index (χ4v) is 0.955. The molecule has 0 aliphatic heterocycles. The van der Waals surface area contributed by atoms with Crippen LogP contribution in [0.2, 0.25) is 0 Å². The standard InChI is InChI=1S/C9H13OS.CH4O3S/c1-11(2)10-8-9-6-4-3-5-7-9;1-5(2,3)4/h3-7H,8H2,1-2H3;1H3,(H,2,3,4)/q+1;/p-1/i1D3,2D3;. The number of benzene rings is 1. The van der Waals surface area contributed by atoms with Crippen LogP contribution in [-0.2, 0) is 32.1 Å². The van der Waals surface area contributed by atoms with Crippen LogP contribution in [0.3, 0.4) is 0 Å². The highest BCUT2D eigenvalue weighted by Gasteiger charge is 2.02. The maximum absolute atomic E-state index is 9.08. The van der Waals surface area contributed by atoms with Gasteiger partial charge in [0.15, 0.2) is 0 Å². The molecule has 0 aliphatic rings. The first-order valence-corrected chi connectivity index (χ1v) is 7.00. The number of hydrogen-bond acceptors (Lipinski definition) is 4. The molecule has 0 N–H and O–H groups in total. The van der Waals surface area contributed by atoms with Crippen LogP contribution in [0.1, 0.15) is 13.8 Å². The third kappa shape index (κ3) is 13.4. The van der Waals surface area contributed by atoms with Crippen molar-refractivity contribution in [3.63, 3.8) is 0 Å². The lowest BCUT2D eigenvalue weighted by Crippen LogP contribution is -2.00. The molecule has 0 aromatic heterocycles. The van der Waals surface area contributed by atoms with E-state index in [1.807, 2.05) is 6.07 Å². The molecule has 1 aromatic carbocycles. The predicted octanol–water partition coefficient (Wildman–Crippen LogP) is 1.16. The minimum Gasteiger partial charge on any atom is -0.748 e. The molecule has 0 spiro atoms. The quantitative estimate of drug-likeness (QED) is 0.610. The van der Waals surface area contributed by atoms with Gasteiger partial charge in [-0.3, -0.25) is 0 Å². The van der Waals surface area contributed by atoms with Gasteiger partial charge in [-0.05, 0) is 5.56 Å². The van der Waals surface area contributed by atoms with Crippen molar-refractivity contribution in [3.05, 3.63) is 35.9 Å². The third-order valence-corrected chi connectivity index (χ3v) is 1.54. The summed E-state index contributed by atoms with van der Waals surface area (Å²) in [5.74, 6) is 0. The van der Waals surface area contributed by atoms with Gasteiger partial charge < -0.3 is 4.55 Å². The van der Waals surface area contributed by atoms with Gasteiger partial charge in [0, 0.05) is 6.26 Å². The summed E-state index contributed by atoms with van der Waals surface area (Å²) in [5, 5.41) is 0. The number of rotatable bonds is 3. The monoisotopic (exact) mass is 270 g/mol. The Balaban J connectivity index is 0.000000763. The summed E-state index contributed by atoms with van der Waals surface area (Å²) in [5.41, 5.74) is 0.749. The van der Waals surface area contributed by atoms with Crippen molar-refractivity contribution in [3.8, 4) is 0 Å². The average molecular weight is 270 g/mol. The highest BCUT2D eigenvalue weighted by Crippen LogP contribution is 2.02. The Kier molecular flexibility index (Phi) is 3.69. The molecule has 0 atom stereocenters. The Morgan fingerprint density at radius 3 is 2.31 bits per heavy atom. The Morgan fingerprint density at radius 2 is 1.88 bits per heavy atom. The summed E-state index contributed by atoms with van der Waals surface area (Å²) < 4.78 is 75.3. The van der Waals surface area contributed by atoms with Gasteiger partial charge in [-0.15, -0.1) is 0 Å². The Labute approximate surface area is 108 Å². The second kappa shape index (κ2) is 7.67. The van der Waals surface area contributed by atoms with Crippen molar-refractivity contribution >= 4 is 21.3 Å². The molecule has 0 saturated carbocycles. The van der Waals surface area contributed by atoms with E-state index in [1.165, 1.54) is 0 Å². The van der Waals surface area contributed by atoms with E-state index in [2.05, 4.69) is 0 Å². The minimum absolute atomic E-state index is 0.0132. The molecule has 16 heavy (non-hydrogen) atoms. The highest BCUT2D eigenvalue weighted by molar-refractivity contribution is 7.90. The van der Waals surface area contributed by atoms with Gasteiger partial charge in [0.1, 0.15) is 30.2 Å². The summed E-state index contributed by atoms with van der Waals surface area (Å²) in [4.78, 5) is 0. The van der Waals surface area contributed by atoms with E-state index in [-0.39, 0.29) is 6.61 Å². The van der Waals surface area contributed by atoms with Crippen molar-refractivity contribution in [2.45, 2.75) is 6.61 Å². The predicted molar refractivity (Wildman–Crippen MR) is 66.1 cm³/mol. The summed E-state index contributed by atoms with van der Waals surface area (Å²) >= 11 is -2.06. The SMILES string of the molecule is CS(=O)(=O)[O-].[2H]C([2H])([2H])[S+](OCc1ccccc1)C([2H])([2H])[2H]. The molecule has 0 unspecified atom stereocenters. The summed E-state index contributed by atoms with van der Waals surface area (Å²) in [7, 11) is -3.92. The molecule has 1 aromatic rings. The van der Waals surface area contributed by atoms with Gasteiger partial charge >= 0.3 is 0 Å². The van der Waals surface area contributed by atoms with Crippen molar-refractivity contribution in [1.82, 2.24) is 0 Å². The Morgan fingerprint density at radius 1 is 1.38 bits per heavy atom.